The van der Waals surface area contributed by atoms with E-state index in [9.17, 15) is 9.90 Å². The minimum atomic E-state index is -0.474. The molecule has 0 saturated carbocycles. The lowest BCUT2D eigenvalue weighted by Gasteiger charge is -2.39. The third-order valence-electron chi connectivity index (χ3n) is 6.02. The number of piperidine rings is 1. The minimum Gasteiger partial charge on any atom is -0.389 e. The number of carbonyl (C=O) groups is 1. The molecule has 7 heteroatoms. The summed E-state index contributed by atoms with van der Waals surface area (Å²) in [6.07, 6.45) is 4.32. The van der Waals surface area contributed by atoms with Crippen molar-refractivity contribution in [1.82, 2.24) is 19.9 Å². The summed E-state index contributed by atoms with van der Waals surface area (Å²) >= 11 is 0. The fourth-order valence-corrected chi connectivity index (χ4v) is 4.16. The highest BCUT2D eigenvalue weighted by Crippen LogP contribution is 2.36. The van der Waals surface area contributed by atoms with E-state index >= 15 is 0 Å². The highest BCUT2D eigenvalue weighted by molar-refractivity contribution is 5.76. The molecule has 3 unspecified atom stereocenters. The normalized spacial score (nSPS) is 24.8. The van der Waals surface area contributed by atoms with Crippen molar-refractivity contribution in [3.8, 4) is 0 Å². The van der Waals surface area contributed by atoms with Crippen LogP contribution in [-0.4, -0.2) is 56.8 Å². The van der Waals surface area contributed by atoms with Crippen LogP contribution in [0.1, 0.15) is 53.1 Å². The molecule has 3 heterocycles. The first kappa shape index (κ1) is 19.6. The lowest BCUT2D eigenvalue weighted by atomic mass is 9.83. The third kappa shape index (κ3) is 4.19. The number of rotatable bonds is 2. The zero-order chi connectivity index (χ0) is 20.5. The average molecular weight is 396 g/mol. The molecule has 1 N–H and O–H groups in total. The van der Waals surface area contributed by atoms with Crippen LogP contribution in [0.4, 0.5) is 4.79 Å². The van der Waals surface area contributed by atoms with Crippen molar-refractivity contribution in [3.05, 3.63) is 58.9 Å². The molecule has 0 spiro atoms. The molecule has 1 saturated heterocycles. The summed E-state index contributed by atoms with van der Waals surface area (Å²) in [7, 11) is 0. The first-order valence-electron chi connectivity index (χ1n) is 10.2. The minimum absolute atomic E-state index is 0.000121. The van der Waals surface area contributed by atoms with Crippen molar-refractivity contribution in [2.75, 3.05) is 19.6 Å². The van der Waals surface area contributed by atoms with Crippen LogP contribution in [-0.2, 0) is 0 Å². The Kier molecular flexibility index (Phi) is 5.41. The third-order valence-corrected chi connectivity index (χ3v) is 6.02. The second kappa shape index (κ2) is 7.99. The number of aliphatic hydroxyl groups excluding tert-OH is 1. The van der Waals surface area contributed by atoms with Crippen molar-refractivity contribution in [1.29, 1.82) is 0 Å². The van der Waals surface area contributed by atoms with Crippen LogP contribution < -0.4 is 0 Å². The van der Waals surface area contributed by atoms with Gasteiger partial charge in [0.05, 0.1) is 12.0 Å². The summed E-state index contributed by atoms with van der Waals surface area (Å²) < 4.78 is 5.46. The van der Waals surface area contributed by atoms with Crippen LogP contribution in [0, 0.1) is 20.8 Å². The highest BCUT2D eigenvalue weighted by Gasteiger charge is 2.36. The number of aliphatic hydroxyl groups is 1. The van der Waals surface area contributed by atoms with E-state index in [0.29, 0.717) is 37.8 Å². The first-order valence-corrected chi connectivity index (χ1v) is 10.2. The van der Waals surface area contributed by atoms with Gasteiger partial charge in [0.15, 0.2) is 5.82 Å². The van der Waals surface area contributed by atoms with E-state index < -0.39 is 6.10 Å². The van der Waals surface area contributed by atoms with Gasteiger partial charge in [-0.05, 0) is 56.4 Å². The predicted molar refractivity (Wildman–Crippen MR) is 108 cm³/mol. The van der Waals surface area contributed by atoms with Gasteiger partial charge in [-0.3, -0.25) is 0 Å². The Labute approximate surface area is 171 Å². The number of aryl methyl sites for hydroxylation is 3. The number of aromatic nitrogens is 2. The second-order valence-electron chi connectivity index (χ2n) is 8.23. The average Bonchev–Trinajstić information content (AvgIpc) is 3.16. The molecular weight excluding hydrogens is 368 g/mol. The van der Waals surface area contributed by atoms with Crippen molar-refractivity contribution in [2.45, 2.75) is 51.6 Å². The zero-order valence-corrected chi connectivity index (χ0v) is 17.2. The molecule has 4 rings (SSSR count). The molecule has 2 aliphatic rings. The molecule has 2 aliphatic heterocycles. The molecule has 0 radical (unpaired) electrons. The number of benzene rings is 1. The van der Waals surface area contributed by atoms with E-state index in [4.69, 9.17) is 4.52 Å². The summed E-state index contributed by atoms with van der Waals surface area (Å²) in [6.45, 7) is 7.76. The Balaban J connectivity index is 1.61. The Morgan fingerprint density at radius 2 is 1.97 bits per heavy atom. The fourth-order valence-electron chi connectivity index (χ4n) is 4.16. The highest BCUT2D eigenvalue weighted by atomic mass is 16.5. The van der Waals surface area contributed by atoms with Gasteiger partial charge in [-0.15, -0.1) is 0 Å². The first-order chi connectivity index (χ1) is 13.9. The molecular formula is C22H28N4O3. The van der Waals surface area contributed by atoms with E-state index in [2.05, 4.69) is 42.2 Å². The molecule has 7 nitrogen and oxygen atoms in total. The quantitative estimate of drug-likeness (QED) is 0.842. The number of hydrogen-bond acceptors (Lipinski definition) is 5. The topological polar surface area (TPSA) is 82.7 Å². The molecule has 0 aliphatic carbocycles. The molecule has 3 atom stereocenters. The van der Waals surface area contributed by atoms with Crippen molar-refractivity contribution in [3.63, 3.8) is 0 Å². The van der Waals surface area contributed by atoms with Crippen LogP contribution in [0.5, 0.6) is 0 Å². The Hall–Kier alpha value is -2.67. The number of likely N-dealkylation sites (tertiary alicyclic amines) is 1. The molecule has 1 aromatic carbocycles. The van der Waals surface area contributed by atoms with Gasteiger partial charge in [0.25, 0.3) is 0 Å². The number of hydrogen-bond donors (Lipinski definition) is 1. The summed E-state index contributed by atoms with van der Waals surface area (Å²) in [5.74, 6) is 1.40. The van der Waals surface area contributed by atoms with Gasteiger partial charge in [-0.2, -0.15) is 4.98 Å². The van der Waals surface area contributed by atoms with E-state index in [1.807, 2.05) is 11.8 Å². The molecule has 154 valence electrons. The van der Waals surface area contributed by atoms with Crippen LogP contribution >= 0.6 is 0 Å². The lowest BCUT2D eigenvalue weighted by molar-refractivity contribution is 0.127. The van der Waals surface area contributed by atoms with Crippen LogP contribution in [0.15, 0.2) is 35.0 Å². The summed E-state index contributed by atoms with van der Waals surface area (Å²) in [5.41, 5.74) is 3.75. The Bertz CT molecular complexity index is 923. The fraction of sp³-hybridized carbons (Fsp3) is 0.500. The number of carbonyl (C=O) groups excluding carboxylic acids is 1. The van der Waals surface area contributed by atoms with Crippen molar-refractivity contribution in [2.24, 2.45) is 0 Å². The van der Waals surface area contributed by atoms with Gasteiger partial charge in [-0.1, -0.05) is 23.4 Å². The molecule has 1 fully saturated rings. The summed E-state index contributed by atoms with van der Waals surface area (Å²) in [4.78, 5) is 21.2. The molecule has 2 amide bonds. The van der Waals surface area contributed by atoms with E-state index in [1.54, 1.807) is 17.2 Å². The van der Waals surface area contributed by atoms with E-state index in [1.165, 1.54) is 16.7 Å². The number of urea groups is 1. The van der Waals surface area contributed by atoms with Gasteiger partial charge >= 0.3 is 6.03 Å². The standard InChI is InChI=1S/C22H28N4O3/c1-14-4-5-17(10-15(14)2)18-11-19(21-23-16(3)24-29-21)13-26(12-18)22(28)25-8-6-20(27)7-9-25/h4-6,8,10,18-20,27H,7,9,11-13H2,1-3H3. The van der Waals surface area contributed by atoms with E-state index in [0.717, 1.165) is 6.42 Å². The largest absolute Gasteiger partial charge is 0.389 e. The zero-order valence-electron chi connectivity index (χ0n) is 17.2. The molecule has 1 aromatic heterocycles. The van der Waals surface area contributed by atoms with Crippen molar-refractivity contribution >= 4 is 6.03 Å². The van der Waals surface area contributed by atoms with Gasteiger partial charge in [0.2, 0.25) is 5.89 Å². The molecule has 2 aromatic rings. The second-order valence-corrected chi connectivity index (χ2v) is 8.23. The summed E-state index contributed by atoms with van der Waals surface area (Å²) in [6, 6.07) is 6.49. The monoisotopic (exact) mass is 396 g/mol. The van der Waals surface area contributed by atoms with Gasteiger partial charge in [-0.25, -0.2) is 4.79 Å². The van der Waals surface area contributed by atoms with Gasteiger partial charge in [0, 0.05) is 31.8 Å². The maximum absolute atomic E-state index is 13.2. The SMILES string of the molecule is Cc1noc(C2CC(c3ccc(C)c(C)c3)CN(C(=O)N3C=CC(O)CC3)C2)n1. The van der Waals surface area contributed by atoms with E-state index in [-0.39, 0.29) is 17.9 Å². The smallest absolute Gasteiger partial charge is 0.324 e. The predicted octanol–water partition coefficient (Wildman–Crippen LogP) is 3.27. The maximum Gasteiger partial charge on any atom is 0.324 e. The van der Waals surface area contributed by atoms with Gasteiger partial charge in [0.1, 0.15) is 0 Å². The Morgan fingerprint density at radius 1 is 1.17 bits per heavy atom. The lowest BCUT2D eigenvalue weighted by Crippen LogP contribution is -2.48. The summed E-state index contributed by atoms with van der Waals surface area (Å²) in [5, 5.41) is 13.6. The van der Waals surface area contributed by atoms with Crippen LogP contribution in [0.3, 0.4) is 0 Å². The Morgan fingerprint density at radius 3 is 2.62 bits per heavy atom. The molecule has 29 heavy (non-hydrogen) atoms. The number of amides is 2. The number of nitrogens with zero attached hydrogens (tertiary/aromatic N) is 4. The van der Waals surface area contributed by atoms with Crippen molar-refractivity contribution < 1.29 is 14.4 Å². The van der Waals surface area contributed by atoms with Crippen LogP contribution in [0.25, 0.3) is 0 Å². The van der Waals surface area contributed by atoms with Gasteiger partial charge < -0.3 is 19.4 Å². The maximum atomic E-state index is 13.2. The van der Waals surface area contributed by atoms with Crippen LogP contribution in [0.2, 0.25) is 0 Å². The molecule has 0 bridgehead atoms.